The van der Waals surface area contributed by atoms with Crippen LogP contribution in [0.2, 0.25) is 0 Å². The number of aromatic nitrogens is 3. The van der Waals surface area contributed by atoms with Gasteiger partial charge in [-0.05, 0) is 24.3 Å². The highest BCUT2D eigenvalue weighted by atomic mass is 32.1. The van der Waals surface area contributed by atoms with E-state index < -0.39 is 5.91 Å². The largest absolute Gasteiger partial charge is 0.454 e. The van der Waals surface area contributed by atoms with Crippen LogP contribution in [-0.4, -0.2) is 27.5 Å². The fourth-order valence-electron chi connectivity index (χ4n) is 3.14. The molecule has 1 amide bonds. The average molecular weight is 406 g/mol. The maximum atomic E-state index is 12.8. The van der Waals surface area contributed by atoms with Gasteiger partial charge < -0.3 is 9.47 Å². The predicted molar refractivity (Wildman–Crippen MR) is 109 cm³/mol. The summed E-state index contributed by atoms with van der Waals surface area (Å²) in [5.41, 5.74) is 1.48. The number of fused-ring (bicyclic) bond motifs is 2. The van der Waals surface area contributed by atoms with Gasteiger partial charge in [0, 0.05) is 23.4 Å². The first kappa shape index (κ1) is 17.4. The Morgan fingerprint density at radius 2 is 1.93 bits per heavy atom. The second-order valence-corrected chi connectivity index (χ2v) is 7.24. The van der Waals surface area contributed by atoms with Gasteiger partial charge in [0.05, 0.1) is 11.1 Å². The van der Waals surface area contributed by atoms with Gasteiger partial charge in [-0.25, -0.2) is 9.67 Å². The molecule has 1 aliphatic rings. The third-order valence-electron chi connectivity index (χ3n) is 4.56. The Morgan fingerprint density at radius 3 is 2.79 bits per heavy atom. The minimum absolute atomic E-state index is 0.169. The zero-order chi connectivity index (χ0) is 20.0. The lowest BCUT2D eigenvalue weighted by Gasteiger charge is -2.07. The van der Waals surface area contributed by atoms with E-state index in [2.05, 4.69) is 15.4 Å². The molecule has 0 radical (unpaired) electrons. The summed E-state index contributed by atoms with van der Waals surface area (Å²) in [6.07, 6.45) is 0. The molecular formula is C20H14N4O4S. The lowest BCUT2D eigenvalue weighted by molar-refractivity contribution is 0.102. The maximum Gasteiger partial charge on any atom is 0.278 e. The molecule has 9 heteroatoms. The highest BCUT2D eigenvalue weighted by Crippen LogP contribution is 2.36. The van der Waals surface area contributed by atoms with Crippen molar-refractivity contribution in [3.8, 4) is 22.8 Å². The zero-order valence-electron chi connectivity index (χ0n) is 15.2. The third kappa shape index (κ3) is 3.01. The number of benzene rings is 2. The number of amides is 1. The Labute approximate surface area is 168 Å². The average Bonchev–Trinajstić information content (AvgIpc) is 3.39. The van der Waals surface area contributed by atoms with E-state index in [4.69, 9.17) is 9.47 Å². The SMILES string of the molecule is Cn1nc(C(=O)Nc2nc(-c3ccc4c(c3)OCO4)cs2)c2ccccc2c1=O. The lowest BCUT2D eigenvalue weighted by atomic mass is 10.1. The van der Waals surface area contributed by atoms with Gasteiger partial charge in [-0.15, -0.1) is 11.3 Å². The highest BCUT2D eigenvalue weighted by molar-refractivity contribution is 7.14. The second kappa shape index (κ2) is 6.71. The molecule has 3 heterocycles. The van der Waals surface area contributed by atoms with Crippen molar-refractivity contribution in [2.45, 2.75) is 0 Å². The zero-order valence-corrected chi connectivity index (χ0v) is 16.0. The van der Waals surface area contributed by atoms with E-state index in [1.165, 1.54) is 18.4 Å². The quantitative estimate of drug-likeness (QED) is 0.562. The van der Waals surface area contributed by atoms with Gasteiger partial charge in [-0.1, -0.05) is 18.2 Å². The van der Waals surface area contributed by atoms with E-state index in [0.717, 1.165) is 10.2 Å². The monoisotopic (exact) mass is 406 g/mol. The Hall–Kier alpha value is -3.72. The van der Waals surface area contributed by atoms with Crippen LogP contribution in [0, 0.1) is 0 Å². The summed E-state index contributed by atoms with van der Waals surface area (Å²) >= 11 is 1.30. The minimum Gasteiger partial charge on any atom is -0.454 e. The first-order chi connectivity index (χ1) is 14.1. The van der Waals surface area contributed by atoms with E-state index in [-0.39, 0.29) is 18.0 Å². The number of rotatable bonds is 3. The summed E-state index contributed by atoms with van der Waals surface area (Å²) in [5, 5.41) is 10.1. The Balaban J connectivity index is 1.45. The Morgan fingerprint density at radius 1 is 1.14 bits per heavy atom. The molecule has 0 saturated carbocycles. The topological polar surface area (TPSA) is 95.3 Å². The Kier molecular flexibility index (Phi) is 4.02. The molecule has 0 fully saturated rings. The van der Waals surface area contributed by atoms with Gasteiger partial charge >= 0.3 is 0 Å². The van der Waals surface area contributed by atoms with Crippen LogP contribution in [0.15, 0.2) is 52.6 Å². The number of thiazole rings is 1. The van der Waals surface area contributed by atoms with Crippen LogP contribution in [0.5, 0.6) is 11.5 Å². The summed E-state index contributed by atoms with van der Waals surface area (Å²) in [6, 6.07) is 12.5. The summed E-state index contributed by atoms with van der Waals surface area (Å²) in [5.74, 6) is 0.940. The molecule has 0 aliphatic carbocycles. The van der Waals surface area contributed by atoms with Crippen molar-refractivity contribution in [2.75, 3.05) is 12.1 Å². The van der Waals surface area contributed by atoms with Crippen LogP contribution in [0.3, 0.4) is 0 Å². The Bertz CT molecular complexity index is 1330. The van der Waals surface area contributed by atoms with Crippen molar-refractivity contribution in [1.82, 2.24) is 14.8 Å². The van der Waals surface area contributed by atoms with Crippen LogP contribution >= 0.6 is 11.3 Å². The fourth-order valence-corrected chi connectivity index (χ4v) is 3.86. The number of nitrogens with one attached hydrogen (secondary N) is 1. The number of nitrogens with zero attached hydrogens (tertiary/aromatic N) is 3. The van der Waals surface area contributed by atoms with Crippen molar-refractivity contribution in [2.24, 2.45) is 7.05 Å². The molecule has 29 heavy (non-hydrogen) atoms. The molecule has 1 N–H and O–H groups in total. The van der Waals surface area contributed by atoms with Crippen LogP contribution in [-0.2, 0) is 7.05 Å². The van der Waals surface area contributed by atoms with Crippen LogP contribution in [0.4, 0.5) is 5.13 Å². The molecule has 4 aromatic rings. The summed E-state index contributed by atoms with van der Waals surface area (Å²) in [4.78, 5) is 29.6. The predicted octanol–water partition coefficient (Wildman–Crippen LogP) is 3.04. The van der Waals surface area contributed by atoms with Gasteiger partial charge in [0.2, 0.25) is 6.79 Å². The third-order valence-corrected chi connectivity index (χ3v) is 5.32. The number of aryl methyl sites for hydroxylation is 1. The molecule has 0 spiro atoms. The van der Waals surface area contributed by atoms with Crippen molar-refractivity contribution < 1.29 is 14.3 Å². The van der Waals surface area contributed by atoms with E-state index >= 15 is 0 Å². The van der Waals surface area contributed by atoms with Crippen molar-refractivity contribution in [3.05, 3.63) is 63.9 Å². The van der Waals surface area contributed by atoms with Gasteiger partial charge in [-0.3, -0.25) is 14.9 Å². The summed E-state index contributed by atoms with van der Waals surface area (Å²) in [6.45, 7) is 0.206. The van der Waals surface area contributed by atoms with Crippen LogP contribution in [0.25, 0.3) is 22.0 Å². The lowest BCUT2D eigenvalue weighted by Crippen LogP contribution is -2.25. The van der Waals surface area contributed by atoms with E-state index in [0.29, 0.717) is 33.1 Å². The number of hydrogen-bond acceptors (Lipinski definition) is 7. The number of ether oxygens (including phenoxy) is 2. The van der Waals surface area contributed by atoms with Gasteiger partial charge in [0.1, 0.15) is 0 Å². The van der Waals surface area contributed by atoms with Crippen molar-refractivity contribution >= 4 is 33.1 Å². The molecule has 2 aromatic heterocycles. The van der Waals surface area contributed by atoms with E-state index in [9.17, 15) is 9.59 Å². The molecule has 144 valence electrons. The highest BCUT2D eigenvalue weighted by Gasteiger charge is 2.18. The number of carbonyl (C=O) groups is 1. The smallest absolute Gasteiger partial charge is 0.278 e. The second-order valence-electron chi connectivity index (χ2n) is 6.38. The minimum atomic E-state index is -0.427. The molecule has 2 aromatic carbocycles. The van der Waals surface area contributed by atoms with Crippen molar-refractivity contribution in [3.63, 3.8) is 0 Å². The molecule has 5 rings (SSSR count). The first-order valence-corrected chi connectivity index (χ1v) is 9.61. The normalized spacial score (nSPS) is 12.3. The molecule has 0 unspecified atom stereocenters. The molecular weight excluding hydrogens is 392 g/mol. The van der Waals surface area contributed by atoms with E-state index in [1.807, 2.05) is 23.6 Å². The molecule has 8 nitrogen and oxygen atoms in total. The van der Waals surface area contributed by atoms with Gasteiger partial charge in [0.15, 0.2) is 22.3 Å². The summed E-state index contributed by atoms with van der Waals surface area (Å²) < 4.78 is 11.9. The number of anilines is 1. The van der Waals surface area contributed by atoms with Gasteiger partial charge in [-0.2, -0.15) is 5.10 Å². The maximum absolute atomic E-state index is 12.8. The number of hydrogen-bond donors (Lipinski definition) is 1. The van der Waals surface area contributed by atoms with E-state index in [1.54, 1.807) is 24.3 Å². The molecule has 0 saturated heterocycles. The van der Waals surface area contributed by atoms with Crippen molar-refractivity contribution in [1.29, 1.82) is 0 Å². The first-order valence-electron chi connectivity index (χ1n) is 8.73. The van der Waals surface area contributed by atoms with Crippen LogP contribution < -0.4 is 20.3 Å². The van der Waals surface area contributed by atoms with Crippen LogP contribution in [0.1, 0.15) is 10.5 Å². The number of carbonyl (C=O) groups excluding carboxylic acids is 1. The molecule has 0 bridgehead atoms. The molecule has 1 aliphatic heterocycles. The van der Waals surface area contributed by atoms with Gasteiger partial charge in [0.25, 0.3) is 11.5 Å². The summed E-state index contributed by atoms with van der Waals surface area (Å²) in [7, 11) is 1.52. The molecule has 0 atom stereocenters. The standard InChI is InChI=1S/C20H14N4O4S/c1-24-19(26)13-5-3-2-4-12(13)17(23-24)18(25)22-20-21-14(9-29-20)11-6-7-15-16(8-11)28-10-27-15/h2-9H,10H2,1H3,(H,21,22,25). The fraction of sp³-hybridized carbons (Fsp3) is 0.100.